The van der Waals surface area contributed by atoms with Gasteiger partial charge in [-0.05, 0) is 51.5 Å². The normalized spacial score (nSPS) is 10.8. The molecule has 20 heavy (non-hydrogen) atoms. The molecule has 0 radical (unpaired) electrons. The van der Waals surface area contributed by atoms with E-state index in [1.807, 2.05) is 45.0 Å². The molecule has 0 unspecified atom stereocenters. The van der Waals surface area contributed by atoms with Crippen LogP contribution in [0.1, 0.15) is 27.2 Å². The number of benzene rings is 1. The number of rotatable bonds is 6. The van der Waals surface area contributed by atoms with Crippen LogP contribution in [0.25, 0.3) is 0 Å². The van der Waals surface area contributed by atoms with Gasteiger partial charge in [0.15, 0.2) is 0 Å². The summed E-state index contributed by atoms with van der Waals surface area (Å²) in [7, 11) is 0. The van der Waals surface area contributed by atoms with Gasteiger partial charge in [0, 0.05) is 12.2 Å². The number of thiol groups is 1. The minimum absolute atomic E-state index is 0.401. The van der Waals surface area contributed by atoms with Crippen LogP contribution >= 0.6 is 12.8 Å². The second kappa shape index (κ2) is 7.89. The Hall–Kier alpha value is -1.56. The summed E-state index contributed by atoms with van der Waals surface area (Å²) in [6.45, 7) is 6.55. The third kappa shape index (κ3) is 7.13. The number of hydrogen-bond acceptors (Lipinski definition) is 5. The average molecular weight is 298 g/mol. The number of amides is 1. The first-order valence-corrected chi connectivity index (χ1v) is 6.95. The highest BCUT2D eigenvalue weighted by Crippen LogP contribution is 2.16. The highest BCUT2D eigenvalue weighted by Gasteiger charge is 2.15. The molecule has 2 N–H and O–H groups in total. The number of anilines is 1. The van der Waals surface area contributed by atoms with Crippen molar-refractivity contribution in [1.29, 1.82) is 0 Å². The number of nitrogens with one attached hydrogen (secondary N) is 2. The summed E-state index contributed by atoms with van der Waals surface area (Å²) in [6, 6.07) is 7.47. The first-order chi connectivity index (χ1) is 9.40. The molecule has 0 aliphatic carbocycles. The van der Waals surface area contributed by atoms with Gasteiger partial charge in [-0.25, -0.2) is 4.79 Å². The second-order valence-corrected chi connectivity index (χ2v) is 5.49. The monoisotopic (exact) mass is 298 g/mol. The molecule has 1 rings (SSSR count). The fourth-order valence-corrected chi connectivity index (χ4v) is 1.54. The topological polar surface area (TPSA) is 59.6 Å². The summed E-state index contributed by atoms with van der Waals surface area (Å²) in [4.78, 5) is 11.4. The van der Waals surface area contributed by atoms with Gasteiger partial charge in [0.25, 0.3) is 0 Å². The molecule has 0 spiro atoms. The van der Waals surface area contributed by atoms with Gasteiger partial charge in [0.1, 0.15) is 11.4 Å². The quantitative estimate of drug-likeness (QED) is 0.557. The zero-order valence-electron chi connectivity index (χ0n) is 12.1. The maximum atomic E-state index is 11.4. The van der Waals surface area contributed by atoms with E-state index in [9.17, 15) is 4.79 Å². The number of carbonyl (C=O) groups is 1. The van der Waals surface area contributed by atoms with E-state index in [-0.39, 0.29) is 0 Å². The van der Waals surface area contributed by atoms with Crippen molar-refractivity contribution in [2.45, 2.75) is 32.8 Å². The molecule has 0 bridgehead atoms. The second-order valence-electron chi connectivity index (χ2n) is 5.27. The molecule has 0 saturated carbocycles. The van der Waals surface area contributed by atoms with Crippen molar-refractivity contribution in [3.8, 4) is 5.75 Å². The van der Waals surface area contributed by atoms with Gasteiger partial charge in [-0.2, -0.15) is 0 Å². The van der Waals surface area contributed by atoms with E-state index in [0.717, 1.165) is 11.4 Å². The average Bonchev–Trinajstić information content (AvgIpc) is 2.37. The molecule has 0 atom stereocenters. The number of carbonyl (C=O) groups excluding carboxylic acids is 1. The van der Waals surface area contributed by atoms with Crippen molar-refractivity contribution >= 4 is 24.6 Å². The summed E-state index contributed by atoms with van der Waals surface area (Å²) in [5.41, 5.74) is 0.441. The molecule has 6 heteroatoms. The molecule has 0 aliphatic rings. The molecule has 5 nitrogen and oxygen atoms in total. The maximum absolute atomic E-state index is 11.4. The third-order valence-corrected chi connectivity index (χ3v) is 2.50. The van der Waals surface area contributed by atoms with Crippen LogP contribution in [0, 0.1) is 0 Å². The van der Waals surface area contributed by atoms with Crippen LogP contribution in [-0.2, 0) is 4.74 Å². The first-order valence-electron chi connectivity index (χ1n) is 6.50. The lowest BCUT2D eigenvalue weighted by Crippen LogP contribution is -2.33. The Balaban J connectivity index is 2.14. The van der Waals surface area contributed by atoms with Gasteiger partial charge in [-0.15, -0.1) is 0 Å². The summed E-state index contributed by atoms with van der Waals surface area (Å²) >= 11 is 3.95. The molecule has 112 valence electrons. The number of alkyl carbamates (subject to hydrolysis) is 1. The van der Waals surface area contributed by atoms with Crippen molar-refractivity contribution in [1.82, 2.24) is 5.32 Å². The summed E-state index contributed by atoms with van der Waals surface area (Å²) in [6.07, 6.45) is 0.313. The molecule has 1 aromatic carbocycles. The van der Waals surface area contributed by atoms with E-state index in [2.05, 4.69) is 22.9 Å². The highest BCUT2D eigenvalue weighted by atomic mass is 32.1. The van der Waals surface area contributed by atoms with Crippen molar-refractivity contribution < 1.29 is 14.3 Å². The molecule has 1 aromatic rings. The maximum Gasteiger partial charge on any atom is 0.407 e. The SMILES string of the molecule is CC(C)(C)OC(=O)NCCCOc1ccc(NS)cc1. The summed E-state index contributed by atoms with van der Waals surface area (Å²) in [5, 5.41) is 2.68. The molecule has 0 saturated heterocycles. The molecule has 0 aromatic heterocycles. The Bertz CT molecular complexity index is 415. The minimum atomic E-state index is -0.469. The van der Waals surface area contributed by atoms with Crippen LogP contribution in [-0.4, -0.2) is 24.8 Å². The molecular weight excluding hydrogens is 276 g/mol. The Morgan fingerprint density at radius 1 is 1.25 bits per heavy atom. The van der Waals surface area contributed by atoms with E-state index in [1.54, 1.807) is 0 Å². The minimum Gasteiger partial charge on any atom is -0.494 e. The Kier molecular flexibility index (Phi) is 6.51. The van der Waals surface area contributed by atoms with Gasteiger partial charge >= 0.3 is 6.09 Å². The lowest BCUT2D eigenvalue weighted by molar-refractivity contribution is 0.0525. The molecule has 0 aliphatic heterocycles. The highest BCUT2D eigenvalue weighted by molar-refractivity contribution is 7.81. The molecule has 0 heterocycles. The largest absolute Gasteiger partial charge is 0.494 e. The van der Waals surface area contributed by atoms with Crippen LogP contribution in [0.3, 0.4) is 0 Å². The van der Waals surface area contributed by atoms with Crippen molar-refractivity contribution in [2.75, 3.05) is 17.9 Å². The van der Waals surface area contributed by atoms with Crippen LogP contribution in [0.15, 0.2) is 24.3 Å². The van der Waals surface area contributed by atoms with Gasteiger partial charge < -0.3 is 19.5 Å². The molecule has 1 amide bonds. The molecular formula is C14H22N2O3S. The summed E-state index contributed by atoms with van der Waals surface area (Å²) in [5.74, 6) is 0.787. The Labute approximate surface area is 125 Å². The van der Waals surface area contributed by atoms with Crippen molar-refractivity contribution in [2.24, 2.45) is 0 Å². The molecule has 0 fully saturated rings. The van der Waals surface area contributed by atoms with Crippen molar-refractivity contribution in [3.63, 3.8) is 0 Å². The predicted octanol–water partition coefficient (Wildman–Crippen LogP) is 3.24. The van der Waals surface area contributed by atoms with Gasteiger partial charge in [-0.1, -0.05) is 12.8 Å². The van der Waals surface area contributed by atoms with E-state index in [0.29, 0.717) is 19.6 Å². The van der Waals surface area contributed by atoms with Crippen LogP contribution < -0.4 is 14.8 Å². The first kappa shape index (κ1) is 16.5. The van der Waals surface area contributed by atoms with Gasteiger partial charge in [0.2, 0.25) is 0 Å². The fraction of sp³-hybridized carbons (Fsp3) is 0.500. The lowest BCUT2D eigenvalue weighted by atomic mass is 10.2. The van der Waals surface area contributed by atoms with Gasteiger partial charge in [-0.3, -0.25) is 0 Å². The lowest BCUT2D eigenvalue weighted by Gasteiger charge is -2.19. The summed E-state index contributed by atoms with van der Waals surface area (Å²) < 4.78 is 13.4. The van der Waals surface area contributed by atoms with E-state index in [4.69, 9.17) is 9.47 Å². The van der Waals surface area contributed by atoms with Crippen molar-refractivity contribution in [3.05, 3.63) is 24.3 Å². The standard InChI is InChI=1S/C14H22N2O3S/c1-14(2,3)19-13(17)15-9-4-10-18-12-7-5-11(16-20)6-8-12/h5-8,16,20H,4,9-10H2,1-3H3,(H,15,17). The zero-order valence-corrected chi connectivity index (χ0v) is 13.0. The van der Waals surface area contributed by atoms with Gasteiger partial charge in [0.05, 0.1) is 6.61 Å². The van der Waals surface area contributed by atoms with E-state index < -0.39 is 11.7 Å². The predicted molar refractivity (Wildman–Crippen MR) is 83.4 cm³/mol. The smallest absolute Gasteiger partial charge is 0.407 e. The van der Waals surface area contributed by atoms with E-state index in [1.165, 1.54) is 0 Å². The number of ether oxygens (including phenoxy) is 2. The number of hydrogen-bond donors (Lipinski definition) is 3. The van der Waals surface area contributed by atoms with Crippen LogP contribution in [0.5, 0.6) is 5.75 Å². The zero-order chi connectivity index (χ0) is 15.0. The Morgan fingerprint density at radius 3 is 2.45 bits per heavy atom. The van der Waals surface area contributed by atoms with Crippen LogP contribution in [0.4, 0.5) is 10.5 Å². The van der Waals surface area contributed by atoms with Crippen LogP contribution in [0.2, 0.25) is 0 Å². The fourth-order valence-electron chi connectivity index (χ4n) is 1.39. The third-order valence-electron chi connectivity index (χ3n) is 2.24. The van der Waals surface area contributed by atoms with E-state index >= 15 is 0 Å². The Morgan fingerprint density at radius 2 is 1.90 bits per heavy atom.